The highest BCUT2D eigenvalue weighted by molar-refractivity contribution is 7.50. The molecule has 2 N–H and O–H groups in total. The molecule has 0 amide bonds. The number of nitrogen functional groups attached to an aromatic ring is 1. The Labute approximate surface area is 154 Å². The molecule has 12 heteroatoms. The second kappa shape index (κ2) is 7.34. The number of methoxy groups -OCH3 is 1. The normalized spacial score (nSPS) is 24.6. The third-order valence-electron chi connectivity index (χ3n) is 4.13. The first-order chi connectivity index (χ1) is 12.7. The van der Waals surface area contributed by atoms with Gasteiger partial charge in [-0.2, -0.15) is 4.98 Å². The average Bonchev–Trinajstić information content (AvgIpc) is 3.01. The molecule has 27 heavy (non-hydrogen) atoms. The zero-order chi connectivity index (χ0) is 19.8. The molecule has 0 spiro atoms. The van der Waals surface area contributed by atoms with Gasteiger partial charge in [-0.05, 0) is 6.07 Å². The number of nitrogens with zero attached hydrogens (tertiary/aromatic N) is 4. The molecule has 0 saturated carbocycles. The van der Waals surface area contributed by atoms with Crippen molar-refractivity contribution in [2.75, 3.05) is 26.1 Å². The number of fused-ring (bicyclic) bond motifs is 1. The first-order valence-electron chi connectivity index (χ1n) is 7.90. The van der Waals surface area contributed by atoms with Crippen LogP contribution in [0.25, 0.3) is 15.9 Å². The molecule has 3 heterocycles. The molecule has 4 atom stereocenters. The molecule has 11 nitrogen and oxygen atoms in total. The summed E-state index contributed by atoms with van der Waals surface area (Å²) in [6.07, 6.45) is -0.0988. The summed E-state index contributed by atoms with van der Waals surface area (Å²) in [5, 5.41) is 0.449. The fraction of sp³-hybridized carbons (Fsp3) is 0.467. The first-order valence-corrected chi connectivity index (χ1v) is 9.89. The number of hydrogen-bond acceptors (Lipinski definition) is 9. The van der Waals surface area contributed by atoms with Crippen LogP contribution >= 0.6 is 7.60 Å². The quantitative estimate of drug-likeness (QED) is 0.563. The molecule has 3 rings (SSSR count). The van der Waals surface area contributed by atoms with Crippen molar-refractivity contribution in [2.24, 2.45) is 0 Å². The van der Waals surface area contributed by atoms with E-state index in [2.05, 4.69) is 14.8 Å². The van der Waals surface area contributed by atoms with Gasteiger partial charge < -0.3 is 29.2 Å². The lowest BCUT2D eigenvalue weighted by molar-refractivity contribution is -0.200. The van der Waals surface area contributed by atoms with E-state index in [1.54, 1.807) is 0 Å². The Kier molecular flexibility index (Phi) is 5.28. The average molecular weight is 394 g/mol. The third kappa shape index (κ3) is 4.16. The highest BCUT2D eigenvalue weighted by Gasteiger charge is 2.37. The lowest BCUT2D eigenvalue weighted by Crippen LogP contribution is -2.29. The summed E-state index contributed by atoms with van der Waals surface area (Å²) in [6, 6.07) is 1.49. The van der Waals surface area contributed by atoms with Gasteiger partial charge in [0, 0.05) is 31.8 Å². The van der Waals surface area contributed by atoms with E-state index in [9.17, 15) is 14.3 Å². The summed E-state index contributed by atoms with van der Waals surface area (Å²) in [5.41, 5.74) is 5.31. The Balaban J connectivity index is 1.91. The van der Waals surface area contributed by atoms with Crippen molar-refractivity contribution in [1.82, 2.24) is 14.5 Å². The summed E-state index contributed by atoms with van der Waals surface area (Å²) in [7, 11) is -2.46. The predicted molar refractivity (Wildman–Crippen MR) is 93.3 cm³/mol. The van der Waals surface area contributed by atoms with Crippen molar-refractivity contribution in [2.45, 2.75) is 24.9 Å². The van der Waals surface area contributed by atoms with Gasteiger partial charge in [-0.3, -0.25) is 4.57 Å². The Morgan fingerprint density at radius 3 is 2.93 bits per heavy atom. The third-order valence-corrected chi connectivity index (χ3v) is 4.75. The summed E-state index contributed by atoms with van der Waals surface area (Å²) in [4.78, 5) is 34.7. The number of pyridine rings is 1. The Bertz CT molecular complexity index is 1010. The minimum Gasteiger partial charge on any atom is -0.779 e. The van der Waals surface area contributed by atoms with Gasteiger partial charge in [0.25, 0.3) is 0 Å². The molecule has 1 aliphatic heterocycles. The standard InChI is InChI=1S/C15H18N5O6P/c1-17-9-4-8-6-20(15(21)19-14(8)18-13(9)16)12-5-10(24-2)11(26-12)7-25-27(3,22)23/h4,6,10-12H,5,7H2,2-3H3,(H,22,23)(H2,16,18,19,21)/p-1/t10-,11+,12+/m0/s1. The van der Waals surface area contributed by atoms with Crippen molar-refractivity contribution in [3.05, 3.63) is 34.2 Å². The van der Waals surface area contributed by atoms with Crippen LogP contribution in [-0.4, -0.2) is 47.1 Å². The van der Waals surface area contributed by atoms with Gasteiger partial charge in [0.05, 0.1) is 19.3 Å². The van der Waals surface area contributed by atoms with Crippen LogP contribution in [0.4, 0.5) is 11.5 Å². The van der Waals surface area contributed by atoms with Crippen LogP contribution in [-0.2, 0) is 18.6 Å². The van der Waals surface area contributed by atoms with E-state index in [-0.39, 0.29) is 23.8 Å². The van der Waals surface area contributed by atoms with Gasteiger partial charge in [0.15, 0.2) is 5.65 Å². The molecular weight excluding hydrogens is 377 g/mol. The maximum Gasteiger partial charge on any atom is 0.351 e. The van der Waals surface area contributed by atoms with E-state index in [1.807, 2.05) is 0 Å². The van der Waals surface area contributed by atoms with E-state index in [4.69, 9.17) is 26.3 Å². The number of ether oxygens (including phenoxy) is 2. The maximum atomic E-state index is 12.4. The minimum atomic E-state index is -3.92. The van der Waals surface area contributed by atoms with Crippen molar-refractivity contribution in [1.29, 1.82) is 0 Å². The van der Waals surface area contributed by atoms with Crippen LogP contribution < -0.4 is 16.3 Å². The molecule has 144 valence electrons. The van der Waals surface area contributed by atoms with E-state index >= 15 is 0 Å². The minimum absolute atomic E-state index is 0.00228. The monoisotopic (exact) mass is 394 g/mol. The Hall–Kier alpha value is -2.35. The number of nitrogens with two attached hydrogens (primary N) is 1. The SMILES string of the molecule is [C-]#[N+]c1cc2cn([C@H]3C[C@H](OC)[C@@H](COP(C)(=O)[O-])O3)c(=O)nc2nc1N. The summed E-state index contributed by atoms with van der Waals surface area (Å²) in [6.45, 7) is 7.85. The topological polar surface area (TPSA) is 146 Å². The second-order valence-electron chi connectivity index (χ2n) is 6.05. The molecule has 1 aliphatic rings. The molecule has 1 unspecified atom stereocenters. The van der Waals surface area contributed by atoms with Crippen molar-refractivity contribution < 1.29 is 23.5 Å². The zero-order valence-corrected chi connectivity index (χ0v) is 15.5. The molecule has 0 radical (unpaired) electrons. The first kappa shape index (κ1) is 19.4. The number of aromatic nitrogens is 3. The molecule has 2 aromatic heterocycles. The van der Waals surface area contributed by atoms with Crippen LogP contribution in [0, 0.1) is 6.57 Å². The molecule has 0 aromatic carbocycles. The van der Waals surface area contributed by atoms with E-state index < -0.39 is 31.7 Å². The van der Waals surface area contributed by atoms with Crippen LogP contribution in [0.2, 0.25) is 0 Å². The number of rotatable bonds is 5. The summed E-state index contributed by atoms with van der Waals surface area (Å²) < 4.78 is 28.4. The Morgan fingerprint density at radius 2 is 2.30 bits per heavy atom. The van der Waals surface area contributed by atoms with Crippen molar-refractivity contribution in [3.8, 4) is 0 Å². The number of hydrogen-bond donors (Lipinski definition) is 1. The Morgan fingerprint density at radius 1 is 1.56 bits per heavy atom. The van der Waals surface area contributed by atoms with Crippen LogP contribution in [0.15, 0.2) is 17.1 Å². The van der Waals surface area contributed by atoms with E-state index in [0.717, 1.165) is 6.66 Å². The van der Waals surface area contributed by atoms with E-state index in [1.165, 1.54) is 23.9 Å². The van der Waals surface area contributed by atoms with Gasteiger partial charge >= 0.3 is 5.69 Å². The van der Waals surface area contributed by atoms with Gasteiger partial charge in [-0.25, -0.2) is 14.6 Å². The largest absolute Gasteiger partial charge is 0.779 e. The van der Waals surface area contributed by atoms with Crippen molar-refractivity contribution in [3.63, 3.8) is 0 Å². The highest BCUT2D eigenvalue weighted by atomic mass is 31.2. The fourth-order valence-electron chi connectivity index (χ4n) is 2.83. The fourth-order valence-corrected chi connectivity index (χ4v) is 3.25. The molecule has 1 fully saturated rings. The molecule has 1 saturated heterocycles. The maximum absolute atomic E-state index is 12.4. The van der Waals surface area contributed by atoms with Gasteiger partial charge in [-0.15, -0.1) is 0 Å². The van der Waals surface area contributed by atoms with E-state index in [0.29, 0.717) is 11.8 Å². The smallest absolute Gasteiger partial charge is 0.351 e. The lowest BCUT2D eigenvalue weighted by atomic mass is 10.2. The van der Waals surface area contributed by atoms with Gasteiger partial charge in [0.1, 0.15) is 25.7 Å². The molecule has 0 bridgehead atoms. The van der Waals surface area contributed by atoms with Gasteiger partial charge in [0.2, 0.25) is 5.69 Å². The molecule has 0 aliphatic carbocycles. The van der Waals surface area contributed by atoms with Crippen molar-refractivity contribution >= 4 is 30.1 Å². The van der Waals surface area contributed by atoms with Crippen LogP contribution in [0.3, 0.4) is 0 Å². The predicted octanol–water partition coefficient (Wildman–Crippen LogP) is 0.427. The zero-order valence-electron chi connectivity index (χ0n) is 14.6. The number of anilines is 1. The second-order valence-corrected chi connectivity index (χ2v) is 7.86. The lowest BCUT2D eigenvalue weighted by Gasteiger charge is -2.23. The molecule has 2 aromatic rings. The highest BCUT2D eigenvalue weighted by Crippen LogP contribution is 2.36. The summed E-state index contributed by atoms with van der Waals surface area (Å²) in [5.74, 6) is -0.00228. The van der Waals surface area contributed by atoms with Gasteiger partial charge in [-0.1, -0.05) is 0 Å². The van der Waals surface area contributed by atoms with Crippen LogP contribution in [0.1, 0.15) is 12.6 Å². The molecular formula is C15H17N5O6P-. The van der Waals surface area contributed by atoms with Crippen LogP contribution in [0.5, 0.6) is 0 Å². The summed E-state index contributed by atoms with van der Waals surface area (Å²) >= 11 is 0.